The highest BCUT2D eigenvalue weighted by Crippen LogP contribution is 2.26. The largest absolute Gasteiger partial charge is 0.490 e. The van der Waals surface area contributed by atoms with Crippen molar-refractivity contribution in [2.24, 2.45) is 0 Å². The standard InChI is InChI=1S/C14H22BrNO2/c1-14(2,3)16-10-11-5-6-13(12(15)9-11)18-8-7-17-4/h5-6,9,16H,7-8,10H2,1-4H3. The minimum atomic E-state index is 0.125. The molecule has 0 aliphatic heterocycles. The average molecular weight is 316 g/mol. The predicted molar refractivity (Wildman–Crippen MR) is 78.1 cm³/mol. The summed E-state index contributed by atoms with van der Waals surface area (Å²) < 4.78 is 11.5. The SMILES string of the molecule is COCCOc1ccc(CNC(C)(C)C)cc1Br. The summed E-state index contributed by atoms with van der Waals surface area (Å²) in [4.78, 5) is 0. The highest BCUT2D eigenvalue weighted by molar-refractivity contribution is 9.10. The molecule has 1 aromatic carbocycles. The van der Waals surface area contributed by atoms with Crippen LogP contribution in [0.25, 0.3) is 0 Å². The zero-order chi connectivity index (χ0) is 13.6. The van der Waals surface area contributed by atoms with Gasteiger partial charge in [0, 0.05) is 19.2 Å². The van der Waals surface area contributed by atoms with E-state index < -0.39 is 0 Å². The number of halogens is 1. The molecule has 0 radical (unpaired) electrons. The molecule has 1 rings (SSSR count). The molecule has 0 unspecified atom stereocenters. The van der Waals surface area contributed by atoms with Crippen LogP contribution in [0.15, 0.2) is 22.7 Å². The Kier molecular flexibility index (Phi) is 6.12. The lowest BCUT2D eigenvalue weighted by Crippen LogP contribution is -2.35. The third kappa shape index (κ3) is 5.85. The van der Waals surface area contributed by atoms with E-state index in [1.165, 1.54) is 5.56 Å². The first-order chi connectivity index (χ1) is 8.42. The Bertz CT molecular complexity index is 375. The maximum absolute atomic E-state index is 5.59. The third-order valence-electron chi connectivity index (χ3n) is 2.36. The van der Waals surface area contributed by atoms with Crippen LogP contribution < -0.4 is 10.1 Å². The summed E-state index contributed by atoms with van der Waals surface area (Å²) in [5.41, 5.74) is 1.36. The predicted octanol–water partition coefficient (Wildman–Crippen LogP) is 3.36. The van der Waals surface area contributed by atoms with E-state index in [4.69, 9.17) is 9.47 Å². The Morgan fingerprint density at radius 2 is 1.94 bits per heavy atom. The number of benzene rings is 1. The van der Waals surface area contributed by atoms with Crippen LogP contribution in [-0.4, -0.2) is 25.9 Å². The minimum Gasteiger partial charge on any atom is -0.490 e. The fourth-order valence-corrected chi connectivity index (χ4v) is 1.91. The van der Waals surface area contributed by atoms with Crippen LogP contribution in [-0.2, 0) is 11.3 Å². The van der Waals surface area contributed by atoms with Crippen molar-refractivity contribution in [3.05, 3.63) is 28.2 Å². The summed E-state index contributed by atoms with van der Waals surface area (Å²) >= 11 is 3.53. The molecule has 0 aromatic heterocycles. The number of hydrogen-bond donors (Lipinski definition) is 1. The Morgan fingerprint density at radius 3 is 2.50 bits per heavy atom. The summed E-state index contributed by atoms with van der Waals surface area (Å²) in [6.07, 6.45) is 0. The fraction of sp³-hybridized carbons (Fsp3) is 0.571. The molecule has 0 atom stereocenters. The molecule has 0 aliphatic rings. The van der Waals surface area contributed by atoms with Crippen molar-refractivity contribution >= 4 is 15.9 Å². The van der Waals surface area contributed by atoms with Crippen molar-refractivity contribution in [1.29, 1.82) is 0 Å². The zero-order valence-electron chi connectivity index (χ0n) is 11.5. The van der Waals surface area contributed by atoms with Gasteiger partial charge in [0.2, 0.25) is 0 Å². The summed E-state index contributed by atoms with van der Waals surface area (Å²) in [5, 5.41) is 3.46. The van der Waals surface area contributed by atoms with E-state index in [1.54, 1.807) is 7.11 Å². The number of nitrogens with one attached hydrogen (secondary N) is 1. The molecule has 1 N–H and O–H groups in total. The maximum atomic E-state index is 5.59. The molecule has 1 aromatic rings. The highest BCUT2D eigenvalue weighted by atomic mass is 79.9. The first-order valence-corrected chi connectivity index (χ1v) is 6.87. The van der Waals surface area contributed by atoms with Crippen LogP contribution >= 0.6 is 15.9 Å². The second-order valence-corrected chi connectivity index (χ2v) is 6.06. The van der Waals surface area contributed by atoms with Gasteiger partial charge < -0.3 is 14.8 Å². The summed E-state index contributed by atoms with van der Waals surface area (Å²) in [6, 6.07) is 6.14. The smallest absolute Gasteiger partial charge is 0.133 e. The molecular weight excluding hydrogens is 294 g/mol. The molecule has 0 aliphatic carbocycles. The van der Waals surface area contributed by atoms with E-state index in [9.17, 15) is 0 Å². The lowest BCUT2D eigenvalue weighted by Gasteiger charge is -2.20. The van der Waals surface area contributed by atoms with Gasteiger partial charge in [-0.15, -0.1) is 0 Å². The molecule has 0 amide bonds. The molecule has 4 heteroatoms. The van der Waals surface area contributed by atoms with E-state index in [2.05, 4.69) is 54.2 Å². The van der Waals surface area contributed by atoms with Crippen LogP contribution in [0.2, 0.25) is 0 Å². The van der Waals surface area contributed by atoms with Crippen molar-refractivity contribution in [3.8, 4) is 5.75 Å². The van der Waals surface area contributed by atoms with Gasteiger partial charge in [-0.2, -0.15) is 0 Å². The topological polar surface area (TPSA) is 30.5 Å². The van der Waals surface area contributed by atoms with Crippen LogP contribution in [0, 0.1) is 0 Å². The molecule has 0 saturated heterocycles. The molecule has 0 heterocycles. The molecule has 0 spiro atoms. The fourth-order valence-electron chi connectivity index (χ4n) is 1.37. The minimum absolute atomic E-state index is 0.125. The van der Waals surface area contributed by atoms with Crippen LogP contribution in [0.4, 0.5) is 0 Å². The number of rotatable bonds is 6. The Hall–Kier alpha value is -0.580. The first-order valence-electron chi connectivity index (χ1n) is 6.07. The molecule has 18 heavy (non-hydrogen) atoms. The maximum Gasteiger partial charge on any atom is 0.133 e. The van der Waals surface area contributed by atoms with Gasteiger partial charge in [0.05, 0.1) is 11.1 Å². The second kappa shape index (κ2) is 7.12. The average Bonchev–Trinajstić information content (AvgIpc) is 2.28. The van der Waals surface area contributed by atoms with Crippen molar-refractivity contribution in [3.63, 3.8) is 0 Å². The van der Waals surface area contributed by atoms with Crippen molar-refractivity contribution in [2.45, 2.75) is 32.9 Å². The number of hydrogen-bond acceptors (Lipinski definition) is 3. The van der Waals surface area contributed by atoms with Crippen molar-refractivity contribution in [1.82, 2.24) is 5.32 Å². The Balaban J connectivity index is 2.56. The van der Waals surface area contributed by atoms with Crippen molar-refractivity contribution in [2.75, 3.05) is 20.3 Å². The van der Waals surface area contributed by atoms with Crippen molar-refractivity contribution < 1.29 is 9.47 Å². The van der Waals surface area contributed by atoms with Crippen LogP contribution in [0.3, 0.4) is 0 Å². The van der Waals surface area contributed by atoms with Gasteiger partial charge in [-0.3, -0.25) is 0 Å². The molecular formula is C14H22BrNO2. The van der Waals surface area contributed by atoms with Gasteiger partial charge in [0.15, 0.2) is 0 Å². The normalized spacial score (nSPS) is 11.6. The van der Waals surface area contributed by atoms with Crippen LogP contribution in [0.1, 0.15) is 26.3 Å². The summed E-state index contributed by atoms with van der Waals surface area (Å²) in [6.45, 7) is 8.48. The monoisotopic (exact) mass is 315 g/mol. The van der Waals surface area contributed by atoms with Gasteiger partial charge >= 0.3 is 0 Å². The Labute approximate surface area is 118 Å². The molecule has 0 saturated carbocycles. The number of methoxy groups -OCH3 is 1. The highest BCUT2D eigenvalue weighted by Gasteiger charge is 2.09. The molecule has 0 bridgehead atoms. The van der Waals surface area contributed by atoms with Gasteiger partial charge in [-0.05, 0) is 54.4 Å². The summed E-state index contributed by atoms with van der Waals surface area (Å²) in [7, 11) is 1.67. The van der Waals surface area contributed by atoms with Gasteiger partial charge in [0.1, 0.15) is 12.4 Å². The van der Waals surface area contributed by atoms with Crippen LogP contribution in [0.5, 0.6) is 5.75 Å². The van der Waals surface area contributed by atoms with Gasteiger partial charge in [-0.25, -0.2) is 0 Å². The van der Waals surface area contributed by atoms with E-state index in [0.29, 0.717) is 13.2 Å². The molecule has 0 fully saturated rings. The van der Waals surface area contributed by atoms with Gasteiger partial charge in [0.25, 0.3) is 0 Å². The lowest BCUT2D eigenvalue weighted by atomic mass is 10.1. The van der Waals surface area contributed by atoms with E-state index in [0.717, 1.165) is 16.8 Å². The van der Waals surface area contributed by atoms with Gasteiger partial charge in [-0.1, -0.05) is 6.07 Å². The third-order valence-corrected chi connectivity index (χ3v) is 2.98. The zero-order valence-corrected chi connectivity index (χ0v) is 13.1. The first kappa shape index (κ1) is 15.5. The Morgan fingerprint density at radius 1 is 1.22 bits per heavy atom. The summed E-state index contributed by atoms with van der Waals surface area (Å²) in [5.74, 6) is 0.853. The lowest BCUT2D eigenvalue weighted by molar-refractivity contribution is 0.146. The van der Waals surface area contributed by atoms with E-state index in [-0.39, 0.29) is 5.54 Å². The quantitative estimate of drug-likeness (QED) is 0.816. The molecule has 102 valence electrons. The van der Waals surface area contributed by atoms with E-state index in [1.807, 2.05) is 6.07 Å². The second-order valence-electron chi connectivity index (χ2n) is 5.21. The van der Waals surface area contributed by atoms with E-state index >= 15 is 0 Å². The molecule has 3 nitrogen and oxygen atoms in total. The number of ether oxygens (including phenoxy) is 2.